The maximum absolute atomic E-state index is 13.4. The number of aromatic nitrogens is 2. The minimum Gasteiger partial charge on any atom is -0.432 e. The standard InChI is InChI=1S/C10H5ClF3N3O2S/c11-9-17-16-8(20-9)7(18)15-4-1-2-6(5(12)3-4)19-10(13)14/h1-3,10H,(H,15,18). The van der Waals surface area contributed by atoms with Gasteiger partial charge in [0.05, 0.1) is 0 Å². The maximum Gasteiger partial charge on any atom is 0.387 e. The van der Waals surface area contributed by atoms with E-state index in [0.29, 0.717) is 0 Å². The largest absolute Gasteiger partial charge is 0.432 e. The molecule has 1 aromatic heterocycles. The number of hydrogen-bond acceptors (Lipinski definition) is 5. The average molecular weight is 324 g/mol. The molecule has 0 saturated heterocycles. The zero-order valence-electron chi connectivity index (χ0n) is 9.44. The highest BCUT2D eigenvalue weighted by atomic mass is 35.5. The van der Waals surface area contributed by atoms with Crippen LogP contribution in [0.1, 0.15) is 9.80 Å². The van der Waals surface area contributed by atoms with Gasteiger partial charge in [0, 0.05) is 11.8 Å². The summed E-state index contributed by atoms with van der Waals surface area (Å²) in [5, 5.41) is 9.25. The van der Waals surface area contributed by atoms with Crippen molar-refractivity contribution < 1.29 is 22.7 Å². The quantitative estimate of drug-likeness (QED) is 0.938. The fourth-order valence-electron chi connectivity index (χ4n) is 1.25. The van der Waals surface area contributed by atoms with Crippen LogP contribution in [0.2, 0.25) is 4.47 Å². The van der Waals surface area contributed by atoms with Gasteiger partial charge in [0.1, 0.15) is 0 Å². The van der Waals surface area contributed by atoms with Gasteiger partial charge in [0.15, 0.2) is 11.6 Å². The molecule has 0 unspecified atom stereocenters. The second kappa shape index (κ2) is 6.06. The minimum atomic E-state index is -3.13. The van der Waals surface area contributed by atoms with Crippen molar-refractivity contribution in [3.8, 4) is 5.75 Å². The molecular formula is C10H5ClF3N3O2S. The first-order valence-corrected chi connectivity index (χ1v) is 6.20. The molecule has 2 rings (SSSR count). The van der Waals surface area contributed by atoms with E-state index < -0.39 is 24.1 Å². The molecule has 1 N–H and O–H groups in total. The highest BCUT2D eigenvalue weighted by molar-refractivity contribution is 7.17. The Morgan fingerprint density at radius 2 is 2.15 bits per heavy atom. The van der Waals surface area contributed by atoms with Crippen molar-refractivity contribution in [1.82, 2.24) is 10.2 Å². The summed E-state index contributed by atoms with van der Waals surface area (Å²) < 4.78 is 41.3. The third-order valence-corrected chi connectivity index (χ3v) is 3.02. The van der Waals surface area contributed by atoms with Crippen LogP contribution in [-0.4, -0.2) is 22.7 Å². The van der Waals surface area contributed by atoms with E-state index in [9.17, 15) is 18.0 Å². The van der Waals surface area contributed by atoms with Crippen LogP contribution >= 0.6 is 22.9 Å². The molecule has 1 heterocycles. The molecule has 0 saturated carbocycles. The molecule has 2 aromatic rings. The number of carbonyl (C=O) groups excluding carboxylic acids is 1. The van der Waals surface area contributed by atoms with E-state index in [-0.39, 0.29) is 15.2 Å². The molecule has 0 fully saturated rings. The monoisotopic (exact) mass is 323 g/mol. The summed E-state index contributed by atoms with van der Waals surface area (Å²) >= 11 is 6.36. The summed E-state index contributed by atoms with van der Waals surface area (Å²) in [5.41, 5.74) is 0.0560. The van der Waals surface area contributed by atoms with Gasteiger partial charge in [-0.25, -0.2) is 4.39 Å². The Kier molecular flexibility index (Phi) is 4.40. The van der Waals surface area contributed by atoms with Crippen LogP contribution in [0.15, 0.2) is 18.2 Å². The average Bonchev–Trinajstić information content (AvgIpc) is 2.79. The Balaban J connectivity index is 2.10. The molecule has 0 aliphatic rings. The Morgan fingerprint density at radius 3 is 2.70 bits per heavy atom. The van der Waals surface area contributed by atoms with E-state index in [1.807, 2.05) is 0 Å². The fraction of sp³-hybridized carbons (Fsp3) is 0.100. The number of nitrogens with one attached hydrogen (secondary N) is 1. The number of amides is 1. The van der Waals surface area contributed by atoms with Gasteiger partial charge >= 0.3 is 6.61 Å². The van der Waals surface area contributed by atoms with Gasteiger partial charge in [0.2, 0.25) is 9.47 Å². The van der Waals surface area contributed by atoms with Crippen LogP contribution in [0.25, 0.3) is 0 Å². The predicted octanol–water partition coefficient (Wildman–Crippen LogP) is 3.18. The second-order valence-electron chi connectivity index (χ2n) is 3.34. The zero-order chi connectivity index (χ0) is 14.7. The van der Waals surface area contributed by atoms with Gasteiger partial charge in [-0.15, -0.1) is 10.2 Å². The number of rotatable bonds is 4. The summed E-state index contributed by atoms with van der Waals surface area (Å²) in [4.78, 5) is 11.7. The first-order chi connectivity index (χ1) is 9.45. The molecule has 0 radical (unpaired) electrons. The van der Waals surface area contributed by atoms with Crippen LogP contribution in [0.3, 0.4) is 0 Å². The van der Waals surface area contributed by atoms with E-state index in [0.717, 1.165) is 23.5 Å². The Hall–Kier alpha value is -1.87. The molecule has 0 aliphatic heterocycles. The van der Waals surface area contributed by atoms with E-state index in [4.69, 9.17) is 11.6 Å². The molecule has 0 spiro atoms. The van der Waals surface area contributed by atoms with Crippen molar-refractivity contribution in [2.24, 2.45) is 0 Å². The summed E-state index contributed by atoms with van der Waals surface area (Å²) in [5.74, 6) is -2.29. The molecule has 1 amide bonds. The summed E-state index contributed by atoms with van der Waals surface area (Å²) in [6.07, 6.45) is 0. The third kappa shape index (κ3) is 3.58. The van der Waals surface area contributed by atoms with Gasteiger partial charge in [-0.05, 0) is 23.7 Å². The molecular weight excluding hydrogens is 319 g/mol. The van der Waals surface area contributed by atoms with E-state index in [1.165, 1.54) is 6.07 Å². The number of alkyl halides is 2. The molecule has 10 heteroatoms. The Morgan fingerprint density at radius 1 is 1.40 bits per heavy atom. The van der Waals surface area contributed by atoms with Gasteiger partial charge < -0.3 is 10.1 Å². The number of halogens is 4. The smallest absolute Gasteiger partial charge is 0.387 e. The highest BCUT2D eigenvalue weighted by Crippen LogP contribution is 2.23. The molecule has 20 heavy (non-hydrogen) atoms. The van der Waals surface area contributed by atoms with Gasteiger partial charge in [-0.3, -0.25) is 4.79 Å². The van der Waals surface area contributed by atoms with E-state index in [1.54, 1.807) is 0 Å². The van der Waals surface area contributed by atoms with Crippen molar-refractivity contribution in [3.05, 3.63) is 33.5 Å². The number of anilines is 1. The summed E-state index contributed by atoms with van der Waals surface area (Å²) in [7, 11) is 0. The number of carbonyl (C=O) groups is 1. The number of nitrogens with zero attached hydrogens (tertiary/aromatic N) is 2. The van der Waals surface area contributed by atoms with Gasteiger partial charge in [0.25, 0.3) is 5.91 Å². The Bertz CT molecular complexity index is 638. The lowest BCUT2D eigenvalue weighted by molar-refractivity contribution is -0.0521. The molecule has 5 nitrogen and oxygen atoms in total. The fourth-order valence-corrected chi connectivity index (χ4v) is 1.98. The van der Waals surface area contributed by atoms with Crippen LogP contribution in [-0.2, 0) is 0 Å². The second-order valence-corrected chi connectivity index (χ2v) is 4.90. The first kappa shape index (κ1) is 14.5. The van der Waals surface area contributed by atoms with Crippen LogP contribution < -0.4 is 10.1 Å². The number of benzene rings is 1. The van der Waals surface area contributed by atoms with Crippen molar-refractivity contribution >= 4 is 34.5 Å². The van der Waals surface area contributed by atoms with Crippen molar-refractivity contribution in [2.75, 3.05) is 5.32 Å². The third-order valence-electron chi connectivity index (χ3n) is 2.00. The molecule has 0 bridgehead atoms. The van der Waals surface area contributed by atoms with Crippen LogP contribution in [0.4, 0.5) is 18.9 Å². The Labute approximate surface area is 119 Å². The lowest BCUT2D eigenvalue weighted by Crippen LogP contribution is -2.12. The lowest BCUT2D eigenvalue weighted by Gasteiger charge is -2.07. The molecule has 0 atom stereocenters. The topological polar surface area (TPSA) is 64.1 Å². The molecule has 0 aliphatic carbocycles. The zero-order valence-corrected chi connectivity index (χ0v) is 11.0. The highest BCUT2D eigenvalue weighted by Gasteiger charge is 2.14. The SMILES string of the molecule is O=C(Nc1ccc(OC(F)F)c(F)c1)c1nnc(Cl)s1. The summed E-state index contributed by atoms with van der Waals surface area (Å²) in [6.45, 7) is -3.13. The van der Waals surface area contributed by atoms with Gasteiger partial charge in [-0.1, -0.05) is 11.3 Å². The maximum atomic E-state index is 13.4. The lowest BCUT2D eigenvalue weighted by atomic mass is 10.3. The molecule has 1 aromatic carbocycles. The summed E-state index contributed by atoms with van der Waals surface area (Å²) in [6, 6.07) is 3.03. The van der Waals surface area contributed by atoms with E-state index in [2.05, 4.69) is 20.3 Å². The first-order valence-electron chi connectivity index (χ1n) is 5.00. The predicted molar refractivity (Wildman–Crippen MR) is 65.9 cm³/mol. The van der Waals surface area contributed by atoms with Crippen LogP contribution in [0.5, 0.6) is 5.75 Å². The number of hydrogen-bond donors (Lipinski definition) is 1. The van der Waals surface area contributed by atoms with Crippen molar-refractivity contribution in [3.63, 3.8) is 0 Å². The van der Waals surface area contributed by atoms with Crippen molar-refractivity contribution in [1.29, 1.82) is 0 Å². The minimum absolute atomic E-state index is 0.0108. The number of ether oxygens (including phenoxy) is 1. The van der Waals surface area contributed by atoms with Crippen LogP contribution in [0, 0.1) is 5.82 Å². The molecule has 106 valence electrons. The normalized spacial score (nSPS) is 10.7. The van der Waals surface area contributed by atoms with E-state index >= 15 is 0 Å². The van der Waals surface area contributed by atoms with Crippen molar-refractivity contribution in [2.45, 2.75) is 6.61 Å². The van der Waals surface area contributed by atoms with Gasteiger partial charge in [-0.2, -0.15) is 8.78 Å².